The third-order valence-corrected chi connectivity index (χ3v) is 4.87. The number of hydrogen-bond donors (Lipinski definition) is 1. The van der Waals surface area contributed by atoms with Gasteiger partial charge in [0.15, 0.2) is 0 Å². The fourth-order valence-corrected chi connectivity index (χ4v) is 3.86. The van der Waals surface area contributed by atoms with Crippen LogP contribution < -0.4 is 5.32 Å². The number of nitrogens with one attached hydrogen (secondary N) is 1. The third kappa shape index (κ3) is 2.95. The molecule has 110 valence electrons. The lowest BCUT2D eigenvalue weighted by Gasteiger charge is -2.55. The number of carbonyl (C=O) groups excluding carboxylic acids is 1. The predicted molar refractivity (Wildman–Crippen MR) is 74.0 cm³/mol. The highest BCUT2D eigenvalue weighted by Crippen LogP contribution is 2.54. The van der Waals surface area contributed by atoms with E-state index in [0.717, 1.165) is 13.0 Å². The molecule has 2 fully saturated rings. The summed E-state index contributed by atoms with van der Waals surface area (Å²) in [7, 11) is 1.45. The predicted octanol–water partition coefficient (Wildman–Crippen LogP) is 2.27. The lowest BCUT2D eigenvalue weighted by Crippen LogP contribution is -2.64. The molecule has 0 aromatic heterocycles. The molecule has 0 saturated heterocycles. The van der Waals surface area contributed by atoms with E-state index in [1.807, 2.05) is 0 Å². The van der Waals surface area contributed by atoms with Crippen molar-refractivity contribution in [3.05, 3.63) is 0 Å². The fraction of sp³-hybridized carbons (Fsp3) is 0.933. The molecule has 0 aliphatic heterocycles. The van der Waals surface area contributed by atoms with Crippen molar-refractivity contribution in [3.63, 3.8) is 0 Å². The second kappa shape index (κ2) is 6.23. The van der Waals surface area contributed by atoms with Crippen molar-refractivity contribution in [1.82, 2.24) is 5.32 Å². The van der Waals surface area contributed by atoms with Gasteiger partial charge in [-0.05, 0) is 33.1 Å². The largest absolute Gasteiger partial charge is 0.469 e. The van der Waals surface area contributed by atoms with Crippen LogP contribution in [0.1, 0.15) is 52.4 Å². The van der Waals surface area contributed by atoms with E-state index in [9.17, 15) is 4.79 Å². The Morgan fingerprint density at radius 2 is 2.11 bits per heavy atom. The first-order valence-electron chi connectivity index (χ1n) is 7.57. The van der Waals surface area contributed by atoms with Crippen molar-refractivity contribution < 1.29 is 14.3 Å². The van der Waals surface area contributed by atoms with E-state index >= 15 is 0 Å². The molecule has 1 spiro atoms. The standard InChI is InChI=1S/C15H27NO3/c1-4-19-13-10-12(15(13)7-5-6-8-15)16-11(2)9-14(17)18-3/h11-13,16H,4-10H2,1-3H3/t11-,12-,13-/m1/s1. The lowest BCUT2D eigenvalue weighted by atomic mass is 9.60. The van der Waals surface area contributed by atoms with Gasteiger partial charge in [0.2, 0.25) is 0 Å². The zero-order valence-electron chi connectivity index (χ0n) is 12.4. The molecular formula is C15H27NO3. The molecule has 4 heteroatoms. The zero-order chi connectivity index (χ0) is 13.9. The Morgan fingerprint density at radius 3 is 2.68 bits per heavy atom. The molecule has 2 rings (SSSR count). The van der Waals surface area contributed by atoms with Crippen LogP contribution in [0.15, 0.2) is 0 Å². The summed E-state index contributed by atoms with van der Waals surface area (Å²) in [4.78, 5) is 11.3. The normalized spacial score (nSPS) is 30.1. The van der Waals surface area contributed by atoms with Crippen molar-refractivity contribution in [2.45, 2.75) is 70.6 Å². The highest BCUT2D eigenvalue weighted by atomic mass is 16.5. The van der Waals surface area contributed by atoms with Crippen molar-refractivity contribution in [3.8, 4) is 0 Å². The van der Waals surface area contributed by atoms with Crippen molar-refractivity contribution in [2.75, 3.05) is 13.7 Å². The minimum absolute atomic E-state index is 0.138. The molecule has 2 saturated carbocycles. The summed E-state index contributed by atoms with van der Waals surface area (Å²) in [5.74, 6) is -0.138. The Labute approximate surface area is 116 Å². The molecule has 0 amide bonds. The molecule has 2 aliphatic carbocycles. The van der Waals surface area contributed by atoms with Gasteiger partial charge in [-0.2, -0.15) is 0 Å². The van der Waals surface area contributed by atoms with Gasteiger partial charge in [0.25, 0.3) is 0 Å². The number of hydrogen-bond acceptors (Lipinski definition) is 4. The number of rotatable bonds is 6. The van der Waals surface area contributed by atoms with Gasteiger partial charge in [-0.3, -0.25) is 4.79 Å². The first-order chi connectivity index (χ1) is 9.12. The summed E-state index contributed by atoms with van der Waals surface area (Å²) in [6, 6.07) is 0.684. The first-order valence-corrected chi connectivity index (χ1v) is 7.57. The van der Waals surface area contributed by atoms with Gasteiger partial charge in [0.1, 0.15) is 0 Å². The Morgan fingerprint density at radius 1 is 1.42 bits per heavy atom. The molecule has 0 bridgehead atoms. The van der Waals surface area contributed by atoms with Gasteiger partial charge < -0.3 is 14.8 Å². The van der Waals surface area contributed by atoms with Gasteiger partial charge in [-0.1, -0.05) is 12.8 Å². The number of esters is 1. The number of carbonyl (C=O) groups is 1. The van der Waals surface area contributed by atoms with E-state index < -0.39 is 0 Å². The Kier molecular flexibility index (Phi) is 4.85. The maximum atomic E-state index is 11.3. The topological polar surface area (TPSA) is 47.6 Å². The maximum absolute atomic E-state index is 11.3. The Balaban J connectivity index is 1.88. The quantitative estimate of drug-likeness (QED) is 0.751. The van der Waals surface area contributed by atoms with Gasteiger partial charge in [-0.15, -0.1) is 0 Å². The van der Waals surface area contributed by atoms with Gasteiger partial charge >= 0.3 is 5.97 Å². The lowest BCUT2D eigenvalue weighted by molar-refractivity contribution is -0.143. The SMILES string of the molecule is CCO[C@@H]1C[C@@H](N[C@H](C)CC(=O)OC)C12CCCC2. The van der Waals surface area contributed by atoms with Crippen LogP contribution in [0.2, 0.25) is 0 Å². The highest BCUT2D eigenvalue weighted by Gasteiger charge is 2.56. The van der Waals surface area contributed by atoms with Crippen molar-refractivity contribution in [2.24, 2.45) is 5.41 Å². The van der Waals surface area contributed by atoms with Crippen LogP contribution in [-0.2, 0) is 14.3 Å². The summed E-state index contributed by atoms with van der Waals surface area (Å²) in [6.45, 7) is 4.94. The van der Waals surface area contributed by atoms with Crippen molar-refractivity contribution >= 4 is 5.97 Å². The summed E-state index contributed by atoms with van der Waals surface area (Å²) < 4.78 is 10.6. The molecule has 19 heavy (non-hydrogen) atoms. The second-order valence-electron chi connectivity index (χ2n) is 6.02. The summed E-state index contributed by atoms with van der Waals surface area (Å²) >= 11 is 0. The number of ether oxygens (including phenoxy) is 2. The van der Waals surface area contributed by atoms with Crippen LogP contribution in [0.25, 0.3) is 0 Å². The number of methoxy groups -OCH3 is 1. The molecule has 0 aromatic rings. The molecule has 0 unspecified atom stereocenters. The third-order valence-electron chi connectivity index (χ3n) is 4.87. The van der Waals surface area contributed by atoms with Crippen LogP contribution in [0.4, 0.5) is 0 Å². The molecule has 0 radical (unpaired) electrons. The summed E-state index contributed by atoms with van der Waals surface area (Å²) in [5.41, 5.74) is 0.334. The van der Waals surface area contributed by atoms with Crippen LogP contribution in [-0.4, -0.2) is 37.9 Å². The first kappa shape index (κ1) is 14.8. The summed E-state index contributed by atoms with van der Waals surface area (Å²) in [6.07, 6.45) is 7.10. The molecule has 0 aromatic carbocycles. The van der Waals surface area contributed by atoms with Crippen LogP contribution in [0.5, 0.6) is 0 Å². The van der Waals surface area contributed by atoms with Crippen LogP contribution in [0, 0.1) is 5.41 Å². The summed E-state index contributed by atoms with van der Waals surface area (Å²) in [5, 5.41) is 3.62. The smallest absolute Gasteiger partial charge is 0.307 e. The fourth-order valence-electron chi connectivity index (χ4n) is 3.86. The van der Waals surface area contributed by atoms with E-state index in [1.54, 1.807) is 0 Å². The zero-order valence-corrected chi connectivity index (χ0v) is 12.4. The van der Waals surface area contributed by atoms with E-state index in [2.05, 4.69) is 19.2 Å². The Bertz CT molecular complexity index is 313. The average molecular weight is 269 g/mol. The second-order valence-corrected chi connectivity index (χ2v) is 6.02. The van der Waals surface area contributed by atoms with Crippen molar-refractivity contribution in [1.29, 1.82) is 0 Å². The molecule has 1 N–H and O–H groups in total. The highest BCUT2D eigenvalue weighted by molar-refractivity contribution is 5.69. The molecular weight excluding hydrogens is 242 g/mol. The maximum Gasteiger partial charge on any atom is 0.307 e. The van der Waals surface area contributed by atoms with E-state index in [0.29, 0.717) is 24.0 Å². The molecule has 4 nitrogen and oxygen atoms in total. The van der Waals surface area contributed by atoms with E-state index in [-0.39, 0.29) is 12.0 Å². The van der Waals surface area contributed by atoms with Crippen LogP contribution >= 0.6 is 0 Å². The Hall–Kier alpha value is -0.610. The van der Waals surface area contributed by atoms with Crippen LogP contribution in [0.3, 0.4) is 0 Å². The minimum Gasteiger partial charge on any atom is -0.469 e. The van der Waals surface area contributed by atoms with Gasteiger partial charge in [-0.25, -0.2) is 0 Å². The monoisotopic (exact) mass is 269 g/mol. The minimum atomic E-state index is -0.138. The van der Waals surface area contributed by atoms with Gasteiger partial charge in [0, 0.05) is 24.1 Å². The van der Waals surface area contributed by atoms with E-state index in [1.165, 1.54) is 32.8 Å². The van der Waals surface area contributed by atoms with E-state index in [4.69, 9.17) is 9.47 Å². The molecule has 2 aliphatic rings. The van der Waals surface area contributed by atoms with Gasteiger partial charge in [0.05, 0.1) is 19.6 Å². The average Bonchev–Trinajstić information content (AvgIpc) is 2.89. The molecule has 3 atom stereocenters. The molecule has 0 heterocycles.